The summed E-state index contributed by atoms with van der Waals surface area (Å²) in [5, 5.41) is 3.03. The van der Waals surface area contributed by atoms with Crippen molar-refractivity contribution in [1.29, 1.82) is 0 Å². The third kappa shape index (κ3) is 5.29. The van der Waals surface area contributed by atoms with E-state index < -0.39 is 0 Å². The molecule has 138 valence electrons. The second-order valence-corrected chi connectivity index (χ2v) is 9.23. The largest absolute Gasteiger partial charge is 0.374 e. The zero-order chi connectivity index (χ0) is 18.4. The van der Waals surface area contributed by atoms with Crippen LogP contribution in [0.5, 0.6) is 0 Å². The number of carbonyl (C=O) groups excluding carboxylic acids is 1. The summed E-state index contributed by atoms with van der Waals surface area (Å²) in [7, 11) is 0. The molecule has 1 N–H and O–H groups in total. The highest BCUT2D eigenvalue weighted by molar-refractivity contribution is 8.19. The Labute approximate surface area is 164 Å². The SMILES string of the molecule is CC(C)OCc1ccccc1CNC(=O)c1ccc(C2SCCS2)cc1. The third-order valence-electron chi connectivity index (χ3n) is 4.20. The van der Waals surface area contributed by atoms with Gasteiger partial charge in [0.15, 0.2) is 0 Å². The van der Waals surface area contributed by atoms with Gasteiger partial charge in [0.05, 0.1) is 17.3 Å². The molecule has 2 aromatic rings. The average Bonchev–Trinajstić information content (AvgIpc) is 3.20. The molecule has 1 amide bonds. The van der Waals surface area contributed by atoms with Crippen LogP contribution in [0.25, 0.3) is 0 Å². The van der Waals surface area contributed by atoms with Crippen molar-refractivity contribution in [2.24, 2.45) is 0 Å². The van der Waals surface area contributed by atoms with E-state index >= 15 is 0 Å². The Morgan fingerprint density at radius 2 is 1.73 bits per heavy atom. The summed E-state index contributed by atoms with van der Waals surface area (Å²) in [6, 6.07) is 16.1. The van der Waals surface area contributed by atoms with Crippen LogP contribution in [-0.4, -0.2) is 23.5 Å². The minimum atomic E-state index is -0.0390. The number of ether oxygens (including phenoxy) is 1. The van der Waals surface area contributed by atoms with Crippen LogP contribution in [0.4, 0.5) is 0 Å². The fourth-order valence-corrected chi connectivity index (χ4v) is 5.61. The summed E-state index contributed by atoms with van der Waals surface area (Å²) in [5.41, 5.74) is 4.21. The second-order valence-electron chi connectivity index (χ2n) is 6.51. The van der Waals surface area contributed by atoms with E-state index in [2.05, 4.69) is 23.5 Å². The number of hydrogen-bond donors (Lipinski definition) is 1. The van der Waals surface area contributed by atoms with Gasteiger partial charge in [0.2, 0.25) is 0 Å². The van der Waals surface area contributed by atoms with Crippen LogP contribution in [0.3, 0.4) is 0 Å². The highest BCUT2D eigenvalue weighted by atomic mass is 32.2. The fourth-order valence-electron chi connectivity index (χ4n) is 2.75. The first-order valence-electron chi connectivity index (χ1n) is 8.93. The van der Waals surface area contributed by atoms with E-state index in [1.807, 2.05) is 67.7 Å². The molecule has 0 unspecified atom stereocenters. The van der Waals surface area contributed by atoms with Crippen molar-refractivity contribution in [3.63, 3.8) is 0 Å². The summed E-state index contributed by atoms with van der Waals surface area (Å²) in [6.45, 7) is 5.12. The summed E-state index contributed by atoms with van der Waals surface area (Å²) < 4.78 is 6.22. The van der Waals surface area contributed by atoms with Gasteiger partial charge < -0.3 is 10.1 Å². The van der Waals surface area contributed by atoms with Gasteiger partial charge in [-0.1, -0.05) is 36.4 Å². The first-order chi connectivity index (χ1) is 12.6. The van der Waals surface area contributed by atoms with Crippen LogP contribution in [0.1, 0.15) is 45.5 Å². The fraction of sp³-hybridized carbons (Fsp3) is 0.381. The summed E-state index contributed by atoms with van der Waals surface area (Å²) >= 11 is 3.95. The van der Waals surface area contributed by atoms with E-state index in [1.165, 1.54) is 17.1 Å². The molecule has 1 heterocycles. The maximum atomic E-state index is 12.5. The van der Waals surface area contributed by atoms with Crippen LogP contribution in [0.2, 0.25) is 0 Å². The van der Waals surface area contributed by atoms with Crippen LogP contribution < -0.4 is 5.32 Å². The third-order valence-corrected chi connectivity index (χ3v) is 7.30. The normalized spacial score (nSPS) is 14.7. The molecule has 0 atom stereocenters. The van der Waals surface area contributed by atoms with E-state index in [0.717, 1.165) is 11.1 Å². The van der Waals surface area contributed by atoms with Crippen LogP contribution in [0.15, 0.2) is 48.5 Å². The van der Waals surface area contributed by atoms with Crippen molar-refractivity contribution in [2.75, 3.05) is 11.5 Å². The minimum absolute atomic E-state index is 0.0390. The highest BCUT2D eigenvalue weighted by Crippen LogP contribution is 2.45. The van der Waals surface area contributed by atoms with Gasteiger partial charge in [0, 0.05) is 23.6 Å². The Bertz CT molecular complexity index is 725. The lowest BCUT2D eigenvalue weighted by Crippen LogP contribution is -2.23. The number of amides is 1. The summed E-state index contributed by atoms with van der Waals surface area (Å²) in [5.74, 6) is 2.37. The molecule has 0 saturated carbocycles. The summed E-state index contributed by atoms with van der Waals surface area (Å²) in [6.07, 6.45) is 0.187. The Morgan fingerprint density at radius 3 is 2.38 bits per heavy atom. The van der Waals surface area contributed by atoms with Gasteiger partial charge in [-0.3, -0.25) is 4.79 Å². The van der Waals surface area contributed by atoms with Gasteiger partial charge in [-0.25, -0.2) is 0 Å². The van der Waals surface area contributed by atoms with Gasteiger partial charge in [0.25, 0.3) is 5.91 Å². The molecule has 26 heavy (non-hydrogen) atoms. The highest BCUT2D eigenvalue weighted by Gasteiger charge is 2.18. The van der Waals surface area contributed by atoms with Crippen molar-refractivity contribution in [3.05, 3.63) is 70.8 Å². The molecule has 0 aromatic heterocycles. The van der Waals surface area contributed by atoms with Gasteiger partial charge in [0.1, 0.15) is 0 Å². The first kappa shape index (κ1) is 19.3. The van der Waals surface area contributed by atoms with Gasteiger partial charge >= 0.3 is 0 Å². The maximum absolute atomic E-state index is 12.5. The Hall–Kier alpha value is -1.43. The van der Waals surface area contributed by atoms with Crippen molar-refractivity contribution in [1.82, 2.24) is 5.32 Å². The molecule has 2 aromatic carbocycles. The molecule has 3 rings (SSSR count). The molecule has 0 spiro atoms. The average molecular weight is 388 g/mol. The molecule has 1 saturated heterocycles. The lowest BCUT2D eigenvalue weighted by molar-refractivity contribution is 0.0651. The van der Waals surface area contributed by atoms with E-state index in [4.69, 9.17) is 4.74 Å². The molecule has 1 aliphatic rings. The monoisotopic (exact) mass is 387 g/mol. The molecular formula is C21H25NO2S2. The Kier molecular flexibility index (Phi) is 7.06. The molecule has 0 radical (unpaired) electrons. The topological polar surface area (TPSA) is 38.3 Å². The molecule has 1 fully saturated rings. The molecule has 0 bridgehead atoms. The molecule has 3 nitrogen and oxygen atoms in total. The van der Waals surface area contributed by atoms with Crippen LogP contribution in [0, 0.1) is 0 Å². The maximum Gasteiger partial charge on any atom is 0.251 e. The zero-order valence-electron chi connectivity index (χ0n) is 15.2. The Morgan fingerprint density at radius 1 is 1.08 bits per heavy atom. The number of nitrogens with one attached hydrogen (secondary N) is 1. The predicted molar refractivity (Wildman–Crippen MR) is 112 cm³/mol. The van der Waals surface area contributed by atoms with E-state index in [1.54, 1.807) is 0 Å². The minimum Gasteiger partial charge on any atom is -0.374 e. The first-order valence-corrected chi connectivity index (χ1v) is 11.0. The van der Waals surface area contributed by atoms with Crippen molar-refractivity contribution >= 4 is 29.4 Å². The van der Waals surface area contributed by atoms with Gasteiger partial charge in [-0.2, -0.15) is 0 Å². The molecular weight excluding hydrogens is 362 g/mol. The van der Waals surface area contributed by atoms with Crippen molar-refractivity contribution in [2.45, 2.75) is 37.7 Å². The zero-order valence-corrected chi connectivity index (χ0v) is 16.9. The molecule has 5 heteroatoms. The van der Waals surface area contributed by atoms with Crippen molar-refractivity contribution < 1.29 is 9.53 Å². The van der Waals surface area contributed by atoms with E-state index in [-0.39, 0.29) is 12.0 Å². The smallest absolute Gasteiger partial charge is 0.251 e. The van der Waals surface area contributed by atoms with Gasteiger partial charge in [-0.15, -0.1) is 23.5 Å². The number of benzene rings is 2. The lowest BCUT2D eigenvalue weighted by Gasteiger charge is -2.13. The van der Waals surface area contributed by atoms with Crippen molar-refractivity contribution in [3.8, 4) is 0 Å². The Balaban J connectivity index is 1.58. The number of thioether (sulfide) groups is 2. The standard InChI is InChI=1S/C21H25NO2S2/c1-15(2)24-14-19-6-4-3-5-18(19)13-22-20(23)16-7-9-17(10-8-16)21-25-11-12-26-21/h3-10,15,21H,11-14H2,1-2H3,(H,22,23). The predicted octanol–water partition coefficient (Wildman–Crippen LogP) is 5.02. The second kappa shape index (κ2) is 9.49. The quantitative estimate of drug-likeness (QED) is 0.724. The van der Waals surface area contributed by atoms with E-state index in [9.17, 15) is 4.79 Å². The molecule has 0 aliphatic carbocycles. The molecule has 1 aliphatic heterocycles. The van der Waals surface area contributed by atoms with Crippen LogP contribution in [-0.2, 0) is 17.9 Å². The number of rotatable bonds is 7. The van der Waals surface area contributed by atoms with Crippen LogP contribution >= 0.6 is 23.5 Å². The number of hydrogen-bond acceptors (Lipinski definition) is 4. The summed E-state index contributed by atoms with van der Waals surface area (Å²) in [4.78, 5) is 12.5. The van der Waals surface area contributed by atoms with Gasteiger partial charge in [-0.05, 0) is 42.7 Å². The lowest BCUT2D eigenvalue weighted by atomic mass is 10.1. The number of carbonyl (C=O) groups is 1. The van der Waals surface area contributed by atoms with E-state index in [0.29, 0.717) is 23.3 Å².